The monoisotopic (exact) mass is 236 g/mol. The van der Waals surface area contributed by atoms with Crippen molar-refractivity contribution >= 4 is 7.12 Å². The predicted molar refractivity (Wildman–Crippen MR) is 69.8 cm³/mol. The van der Waals surface area contributed by atoms with Gasteiger partial charge in [-0.1, -0.05) is 27.7 Å². The van der Waals surface area contributed by atoms with Gasteiger partial charge in [0.05, 0.1) is 11.7 Å². The molecule has 1 saturated heterocycles. The van der Waals surface area contributed by atoms with Crippen LogP contribution in [0, 0.1) is 23.2 Å². The Balaban J connectivity index is 1.78. The van der Waals surface area contributed by atoms with E-state index in [1.54, 1.807) is 0 Å². The predicted octanol–water partition coefficient (Wildman–Crippen LogP) is 3.37. The van der Waals surface area contributed by atoms with E-state index in [4.69, 9.17) is 9.31 Å². The average molecular weight is 236 g/mol. The Morgan fingerprint density at radius 3 is 2.53 bits per heavy atom. The fourth-order valence-corrected chi connectivity index (χ4v) is 4.44. The van der Waals surface area contributed by atoms with Crippen LogP contribution in [-0.2, 0) is 9.31 Å². The van der Waals surface area contributed by atoms with Gasteiger partial charge in [-0.15, -0.1) is 0 Å². The molecule has 2 nitrogen and oxygen atoms in total. The summed E-state index contributed by atoms with van der Waals surface area (Å²) in [7, 11) is 0.0418. The zero-order chi connectivity index (χ0) is 12.4. The van der Waals surface area contributed by atoms with Crippen LogP contribution in [-0.4, -0.2) is 18.8 Å². The maximum atomic E-state index is 6.33. The minimum Gasteiger partial charge on any atom is -0.405 e. The molecule has 1 aliphatic heterocycles. The molecule has 0 radical (unpaired) electrons. The fourth-order valence-electron chi connectivity index (χ4n) is 4.44. The second-order valence-electron chi connectivity index (χ2n) is 7.53. The van der Waals surface area contributed by atoms with Crippen molar-refractivity contribution in [2.24, 2.45) is 23.2 Å². The molecule has 0 aromatic rings. The van der Waals surface area contributed by atoms with E-state index in [9.17, 15) is 0 Å². The molecular formula is C14H25BO2. The molecule has 0 amide bonds. The molecule has 4 fully saturated rings. The van der Waals surface area contributed by atoms with Crippen LogP contribution in [0.1, 0.15) is 47.5 Å². The van der Waals surface area contributed by atoms with Crippen LogP contribution in [0.3, 0.4) is 0 Å². The van der Waals surface area contributed by atoms with Crippen molar-refractivity contribution in [3.8, 4) is 0 Å². The van der Waals surface area contributed by atoms with Crippen molar-refractivity contribution in [1.82, 2.24) is 0 Å². The van der Waals surface area contributed by atoms with Crippen molar-refractivity contribution in [1.29, 1.82) is 0 Å². The number of hydrogen-bond donors (Lipinski definition) is 0. The summed E-state index contributed by atoms with van der Waals surface area (Å²) < 4.78 is 12.5. The minimum absolute atomic E-state index is 0.0161. The lowest BCUT2D eigenvalue weighted by Gasteiger charge is -2.64. The van der Waals surface area contributed by atoms with Crippen LogP contribution < -0.4 is 0 Å². The summed E-state index contributed by atoms with van der Waals surface area (Å²) in [6.45, 7) is 11.6. The van der Waals surface area contributed by atoms with Crippen LogP contribution in [0.2, 0.25) is 6.32 Å². The van der Waals surface area contributed by atoms with Gasteiger partial charge in [-0.2, -0.15) is 0 Å². The zero-order valence-electron chi connectivity index (χ0n) is 11.8. The van der Waals surface area contributed by atoms with E-state index in [0.717, 1.165) is 12.2 Å². The van der Waals surface area contributed by atoms with E-state index in [-0.39, 0.29) is 12.7 Å². The van der Waals surface area contributed by atoms with Gasteiger partial charge in [-0.3, -0.25) is 0 Å². The van der Waals surface area contributed by atoms with Crippen LogP contribution in [0.5, 0.6) is 0 Å². The summed E-state index contributed by atoms with van der Waals surface area (Å²) in [6, 6.07) is 0. The van der Waals surface area contributed by atoms with Gasteiger partial charge in [0.1, 0.15) is 0 Å². The third kappa shape index (κ3) is 1.54. The molecule has 4 atom stereocenters. The summed E-state index contributed by atoms with van der Waals surface area (Å²) in [5, 5.41) is 0. The Morgan fingerprint density at radius 1 is 1.24 bits per heavy atom. The SMILES string of the molecule is CC(C)CB1O[C@@H]2CC3CC(C3(C)C)[C@]2(C)O1. The van der Waals surface area contributed by atoms with Gasteiger partial charge in [0.15, 0.2) is 0 Å². The van der Waals surface area contributed by atoms with E-state index in [1.165, 1.54) is 12.8 Å². The Morgan fingerprint density at radius 2 is 1.94 bits per heavy atom. The molecule has 3 aliphatic carbocycles. The van der Waals surface area contributed by atoms with Crippen molar-refractivity contribution in [2.45, 2.75) is 65.5 Å². The first-order chi connectivity index (χ1) is 7.84. The molecule has 3 saturated carbocycles. The molecule has 0 N–H and O–H groups in total. The first kappa shape index (κ1) is 12.0. The van der Waals surface area contributed by atoms with E-state index >= 15 is 0 Å². The third-order valence-electron chi connectivity index (χ3n) is 5.67. The highest BCUT2D eigenvalue weighted by molar-refractivity contribution is 6.45. The Labute approximate surface area is 106 Å². The molecule has 4 rings (SSSR count). The molecule has 3 heteroatoms. The lowest BCUT2D eigenvalue weighted by molar-refractivity contribution is -0.199. The summed E-state index contributed by atoms with van der Waals surface area (Å²) in [6.07, 6.45) is 3.93. The number of rotatable bonds is 2. The second-order valence-corrected chi connectivity index (χ2v) is 7.53. The quantitative estimate of drug-likeness (QED) is 0.684. The summed E-state index contributed by atoms with van der Waals surface area (Å²) in [5.74, 6) is 2.19. The van der Waals surface area contributed by atoms with Crippen molar-refractivity contribution in [2.75, 3.05) is 0 Å². The van der Waals surface area contributed by atoms with Gasteiger partial charge in [0.25, 0.3) is 0 Å². The van der Waals surface area contributed by atoms with Gasteiger partial charge in [0, 0.05) is 0 Å². The van der Waals surface area contributed by atoms with Gasteiger partial charge >= 0.3 is 7.12 Å². The molecule has 96 valence electrons. The van der Waals surface area contributed by atoms with Crippen molar-refractivity contribution < 1.29 is 9.31 Å². The zero-order valence-corrected chi connectivity index (χ0v) is 11.8. The van der Waals surface area contributed by atoms with E-state index in [1.807, 2.05) is 0 Å². The fraction of sp³-hybridized carbons (Fsp3) is 1.00. The largest absolute Gasteiger partial charge is 0.457 e. The average Bonchev–Trinajstić information content (AvgIpc) is 2.51. The van der Waals surface area contributed by atoms with Gasteiger partial charge in [-0.25, -0.2) is 0 Å². The molecule has 1 heterocycles. The summed E-state index contributed by atoms with van der Waals surface area (Å²) >= 11 is 0. The first-order valence-corrected chi connectivity index (χ1v) is 7.17. The maximum absolute atomic E-state index is 6.33. The Hall–Kier alpha value is -0.0151. The van der Waals surface area contributed by atoms with E-state index in [0.29, 0.717) is 23.4 Å². The van der Waals surface area contributed by atoms with Gasteiger partial charge in [0.2, 0.25) is 0 Å². The van der Waals surface area contributed by atoms with E-state index < -0.39 is 0 Å². The molecular weight excluding hydrogens is 211 g/mol. The Kier molecular flexibility index (Phi) is 2.49. The van der Waals surface area contributed by atoms with Crippen LogP contribution in [0.15, 0.2) is 0 Å². The molecule has 0 spiro atoms. The minimum atomic E-state index is -0.0161. The standard InChI is InChI=1S/C14H25BO2/c1-9(2)8-15-16-12-7-10-6-11(13(10,3)4)14(12,5)17-15/h9-12H,6-8H2,1-5H3/t10?,11?,12-,14+/m1/s1. The highest BCUT2D eigenvalue weighted by Crippen LogP contribution is 2.65. The first-order valence-electron chi connectivity index (χ1n) is 7.17. The molecule has 17 heavy (non-hydrogen) atoms. The lowest BCUT2D eigenvalue weighted by Crippen LogP contribution is -2.65. The normalized spacial score (nSPS) is 46.9. The highest BCUT2D eigenvalue weighted by Gasteiger charge is 2.67. The van der Waals surface area contributed by atoms with Gasteiger partial charge < -0.3 is 9.31 Å². The van der Waals surface area contributed by atoms with Crippen molar-refractivity contribution in [3.63, 3.8) is 0 Å². The van der Waals surface area contributed by atoms with E-state index in [2.05, 4.69) is 34.6 Å². The number of hydrogen-bond acceptors (Lipinski definition) is 2. The third-order valence-corrected chi connectivity index (χ3v) is 5.67. The van der Waals surface area contributed by atoms with Crippen LogP contribution in [0.4, 0.5) is 0 Å². The van der Waals surface area contributed by atoms with Crippen LogP contribution >= 0.6 is 0 Å². The molecule has 4 aliphatic rings. The molecule has 0 aromatic heterocycles. The molecule has 2 unspecified atom stereocenters. The lowest BCUT2D eigenvalue weighted by atomic mass is 9.43. The second kappa shape index (κ2) is 3.51. The smallest absolute Gasteiger partial charge is 0.405 e. The Bertz CT molecular complexity index is 328. The molecule has 0 aromatic carbocycles. The van der Waals surface area contributed by atoms with Crippen LogP contribution in [0.25, 0.3) is 0 Å². The topological polar surface area (TPSA) is 18.5 Å². The van der Waals surface area contributed by atoms with Crippen molar-refractivity contribution in [3.05, 3.63) is 0 Å². The summed E-state index contributed by atoms with van der Waals surface area (Å²) in [5.41, 5.74) is 0.444. The maximum Gasteiger partial charge on any atom is 0.457 e. The molecule has 2 bridgehead atoms. The van der Waals surface area contributed by atoms with Gasteiger partial charge in [-0.05, 0) is 49.3 Å². The summed E-state index contributed by atoms with van der Waals surface area (Å²) in [4.78, 5) is 0. The highest BCUT2D eigenvalue weighted by atomic mass is 16.7.